The van der Waals surface area contributed by atoms with Crippen LogP contribution < -0.4 is 5.73 Å². The minimum atomic E-state index is -0.597. The summed E-state index contributed by atoms with van der Waals surface area (Å²) in [5.74, 6) is -0.744. The van der Waals surface area contributed by atoms with Gasteiger partial charge in [0, 0.05) is 16.3 Å². The highest BCUT2D eigenvalue weighted by molar-refractivity contribution is 6.36. The largest absolute Gasteiger partial charge is 0.507 e. The lowest BCUT2D eigenvalue weighted by Crippen LogP contribution is -2.12. The summed E-state index contributed by atoms with van der Waals surface area (Å²) in [6.45, 7) is 3.28. The van der Waals surface area contributed by atoms with Gasteiger partial charge in [-0.3, -0.25) is 4.79 Å². The second kappa shape index (κ2) is 7.85. The summed E-state index contributed by atoms with van der Waals surface area (Å²) < 4.78 is 0. The van der Waals surface area contributed by atoms with Crippen molar-refractivity contribution in [3.05, 3.63) is 57.1 Å². The summed E-state index contributed by atoms with van der Waals surface area (Å²) in [6, 6.07) is 7.76. The highest BCUT2D eigenvalue weighted by Gasteiger charge is 2.09. The van der Waals surface area contributed by atoms with Crippen LogP contribution in [-0.4, -0.2) is 21.8 Å². The molecule has 0 radical (unpaired) electrons. The van der Waals surface area contributed by atoms with E-state index >= 15 is 0 Å². The number of primary amides is 1. The molecule has 2 rings (SSSR count). The quantitative estimate of drug-likeness (QED) is 0.614. The lowest BCUT2D eigenvalue weighted by atomic mass is 10.1. The van der Waals surface area contributed by atoms with E-state index in [9.17, 15) is 9.90 Å². The van der Waals surface area contributed by atoms with Gasteiger partial charge in [0.15, 0.2) is 0 Å². The fourth-order valence-corrected chi connectivity index (χ4v) is 2.32. The van der Waals surface area contributed by atoms with Gasteiger partial charge in [0.1, 0.15) is 11.5 Å². The molecule has 0 aliphatic carbocycles. The Labute approximate surface area is 143 Å². The maximum Gasteiger partial charge on any atom is 0.252 e. The Balaban J connectivity index is 0.000000231. The fraction of sp³-hybridized carbons (Fsp3) is 0.125. The van der Waals surface area contributed by atoms with Crippen molar-refractivity contribution in [2.45, 2.75) is 13.8 Å². The van der Waals surface area contributed by atoms with Crippen molar-refractivity contribution in [3.8, 4) is 11.5 Å². The van der Waals surface area contributed by atoms with Crippen molar-refractivity contribution in [3.63, 3.8) is 0 Å². The molecule has 1 amide bonds. The Bertz CT molecular complexity index is 741. The number of hydrogen-bond acceptors (Lipinski definition) is 4. The van der Waals surface area contributed by atoms with Crippen molar-refractivity contribution >= 4 is 34.8 Å². The minimum Gasteiger partial charge on any atom is -0.507 e. The molecule has 122 valence electrons. The maximum absolute atomic E-state index is 10.7. The topological polar surface area (TPSA) is 107 Å². The van der Waals surface area contributed by atoms with Crippen LogP contribution in [-0.2, 0) is 0 Å². The van der Waals surface area contributed by atoms with E-state index in [2.05, 4.69) is 0 Å². The molecule has 0 unspecified atom stereocenters. The number of rotatable bonds is 2. The van der Waals surface area contributed by atoms with Crippen molar-refractivity contribution in [2.24, 2.45) is 5.73 Å². The Morgan fingerprint density at radius 3 is 2.26 bits per heavy atom. The van der Waals surface area contributed by atoms with E-state index in [1.54, 1.807) is 26.0 Å². The van der Waals surface area contributed by atoms with Gasteiger partial charge in [0.2, 0.25) is 0 Å². The van der Waals surface area contributed by atoms with Crippen LogP contribution in [0.15, 0.2) is 30.3 Å². The van der Waals surface area contributed by atoms with Crippen LogP contribution in [0.3, 0.4) is 0 Å². The second-order valence-electron chi connectivity index (χ2n) is 4.74. The van der Waals surface area contributed by atoms with Gasteiger partial charge in [-0.2, -0.15) is 0 Å². The third-order valence-electron chi connectivity index (χ3n) is 2.93. The first-order valence-corrected chi connectivity index (χ1v) is 7.22. The number of carbonyl (C=O) groups excluding carboxylic acids is 1. The predicted molar refractivity (Wildman–Crippen MR) is 92.0 cm³/mol. The third-order valence-corrected chi connectivity index (χ3v) is 3.44. The first-order valence-electron chi connectivity index (χ1n) is 6.47. The zero-order valence-corrected chi connectivity index (χ0v) is 14.0. The molecule has 7 heteroatoms. The summed E-state index contributed by atoms with van der Waals surface area (Å²) in [6.07, 6.45) is 0. The number of benzene rings is 2. The molecule has 2 aromatic rings. The summed E-state index contributed by atoms with van der Waals surface area (Å²) in [4.78, 5) is 10.7. The summed E-state index contributed by atoms with van der Waals surface area (Å²) in [7, 11) is 0. The van der Waals surface area contributed by atoms with Crippen molar-refractivity contribution in [1.29, 1.82) is 5.41 Å². The van der Waals surface area contributed by atoms with E-state index < -0.39 is 5.91 Å². The fourth-order valence-electron chi connectivity index (χ4n) is 1.82. The van der Waals surface area contributed by atoms with Gasteiger partial charge in [0.05, 0.1) is 10.6 Å². The van der Waals surface area contributed by atoms with Gasteiger partial charge < -0.3 is 21.4 Å². The first-order chi connectivity index (χ1) is 10.6. The van der Waals surface area contributed by atoms with E-state index in [-0.39, 0.29) is 27.8 Å². The molecule has 0 saturated carbocycles. The molecule has 5 N–H and O–H groups in total. The van der Waals surface area contributed by atoms with Crippen molar-refractivity contribution in [2.75, 3.05) is 0 Å². The van der Waals surface area contributed by atoms with Crippen LogP contribution in [0, 0.1) is 12.3 Å². The van der Waals surface area contributed by atoms with Gasteiger partial charge in [-0.15, -0.1) is 0 Å². The molecule has 0 aliphatic heterocycles. The predicted octanol–water partition coefficient (Wildman–Crippen LogP) is 3.89. The number of aromatic hydroxyl groups is 2. The van der Waals surface area contributed by atoms with Gasteiger partial charge in [-0.05, 0) is 37.6 Å². The summed E-state index contributed by atoms with van der Waals surface area (Å²) in [5, 5.41) is 26.4. The zero-order valence-electron chi connectivity index (χ0n) is 12.5. The molecular weight excluding hydrogens is 339 g/mol. The molecule has 0 heterocycles. The number of nitrogens with one attached hydrogen (secondary N) is 1. The smallest absolute Gasteiger partial charge is 0.252 e. The highest BCUT2D eigenvalue weighted by Crippen LogP contribution is 2.31. The Morgan fingerprint density at radius 2 is 1.83 bits per heavy atom. The number of amides is 1. The van der Waals surface area contributed by atoms with Gasteiger partial charge >= 0.3 is 0 Å². The Morgan fingerprint density at radius 1 is 1.22 bits per heavy atom. The molecule has 5 nitrogen and oxygen atoms in total. The van der Waals surface area contributed by atoms with Crippen molar-refractivity contribution < 1.29 is 15.0 Å². The second-order valence-corrected chi connectivity index (χ2v) is 5.59. The van der Waals surface area contributed by atoms with Crippen LogP contribution >= 0.6 is 23.2 Å². The number of nitrogens with two attached hydrogens (primary N) is 1. The number of phenols is 2. The standard InChI is InChI=1S/C8H7Cl2NO.C8H9NO2/c1-4(11)6-2-5(9)3-7(10)8(6)12;1-5-3-2-4-6(10)7(5)8(9)11/h2-3,11-12H,1H3;2-4,10H,1H3,(H2,9,11). The Kier molecular flexibility index (Phi) is 6.42. The summed E-state index contributed by atoms with van der Waals surface area (Å²) >= 11 is 11.3. The molecule has 0 saturated heterocycles. The normalized spacial score (nSPS) is 9.74. The lowest BCUT2D eigenvalue weighted by molar-refractivity contribution is 0.0997. The van der Waals surface area contributed by atoms with Gasteiger partial charge in [-0.25, -0.2) is 0 Å². The molecule has 0 fully saturated rings. The lowest BCUT2D eigenvalue weighted by Gasteiger charge is -2.04. The third kappa shape index (κ3) is 4.87. The molecule has 0 aliphatic rings. The zero-order chi connectivity index (χ0) is 17.7. The molecule has 0 spiro atoms. The van der Waals surface area contributed by atoms with Gasteiger partial charge in [-0.1, -0.05) is 35.3 Å². The van der Waals surface area contributed by atoms with Crippen LogP contribution in [0.5, 0.6) is 11.5 Å². The van der Waals surface area contributed by atoms with Gasteiger partial charge in [0.25, 0.3) is 5.91 Å². The first kappa shape index (κ1) is 18.8. The summed E-state index contributed by atoms with van der Waals surface area (Å²) in [5.41, 5.74) is 6.51. The van der Waals surface area contributed by atoms with Crippen LogP contribution in [0.25, 0.3) is 0 Å². The van der Waals surface area contributed by atoms with E-state index in [1.807, 2.05) is 0 Å². The van der Waals surface area contributed by atoms with E-state index in [0.717, 1.165) is 0 Å². The van der Waals surface area contributed by atoms with Crippen LogP contribution in [0.2, 0.25) is 10.0 Å². The number of halogens is 2. The van der Waals surface area contributed by atoms with E-state index in [0.29, 0.717) is 16.1 Å². The number of aryl methyl sites for hydroxylation is 1. The maximum atomic E-state index is 10.7. The molecule has 0 bridgehead atoms. The molecular formula is C16H16Cl2N2O3. The number of hydrogen-bond donors (Lipinski definition) is 4. The highest BCUT2D eigenvalue weighted by atomic mass is 35.5. The van der Waals surface area contributed by atoms with Crippen LogP contribution in [0.4, 0.5) is 0 Å². The SMILES string of the molecule is CC(=N)c1cc(Cl)cc(Cl)c1O.Cc1cccc(O)c1C(N)=O. The molecule has 2 aromatic carbocycles. The monoisotopic (exact) mass is 354 g/mol. The molecule has 0 atom stereocenters. The van der Waals surface area contributed by atoms with E-state index in [4.69, 9.17) is 39.5 Å². The molecule has 23 heavy (non-hydrogen) atoms. The van der Waals surface area contributed by atoms with Crippen LogP contribution in [0.1, 0.15) is 28.4 Å². The number of phenolic OH excluding ortho intramolecular Hbond substituents is 1. The Hall–Kier alpha value is -2.24. The molecule has 0 aromatic heterocycles. The average molecular weight is 355 g/mol. The number of carbonyl (C=O) groups is 1. The minimum absolute atomic E-state index is 0.0579. The van der Waals surface area contributed by atoms with E-state index in [1.165, 1.54) is 18.2 Å². The average Bonchev–Trinajstić information content (AvgIpc) is 2.42. The van der Waals surface area contributed by atoms with Crippen molar-refractivity contribution in [1.82, 2.24) is 0 Å².